The van der Waals surface area contributed by atoms with Gasteiger partial charge in [-0.15, -0.1) is 0 Å². The molecule has 2 aliphatic heterocycles. The fraction of sp³-hybridized carbons (Fsp3) is 0.762. The molecule has 0 amide bonds. The predicted octanol–water partition coefficient (Wildman–Crippen LogP) is 3.40. The number of carbonyl (C=O) groups excluding carboxylic acids is 1. The van der Waals surface area contributed by atoms with Crippen molar-refractivity contribution < 1.29 is 4.79 Å². The second-order valence-electron chi connectivity index (χ2n) is 8.82. The van der Waals surface area contributed by atoms with Crippen LogP contribution >= 0.6 is 0 Å². The summed E-state index contributed by atoms with van der Waals surface area (Å²) in [5.41, 5.74) is 1.25. The first-order valence-electron chi connectivity index (χ1n) is 10.4. The van der Waals surface area contributed by atoms with Gasteiger partial charge in [-0.2, -0.15) is 0 Å². The van der Waals surface area contributed by atoms with E-state index in [1.165, 1.54) is 18.4 Å². The number of ketones is 1. The fourth-order valence-corrected chi connectivity index (χ4v) is 5.19. The van der Waals surface area contributed by atoms with Crippen LogP contribution in [-0.4, -0.2) is 51.9 Å². The van der Waals surface area contributed by atoms with Gasteiger partial charge in [-0.1, -0.05) is 0 Å². The summed E-state index contributed by atoms with van der Waals surface area (Å²) in [7, 11) is 0. The second kappa shape index (κ2) is 7.26. The van der Waals surface area contributed by atoms with Crippen LogP contribution in [0.2, 0.25) is 0 Å². The Hall–Kier alpha value is -1.49. The van der Waals surface area contributed by atoms with Crippen molar-refractivity contribution in [1.29, 1.82) is 0 Å². The van der Waals surface area contributed by atoms with Crippen molar-refractivity contribution in [2.45, 2.75) is 83.3 Å². The van der Waals surface area contributed by atoms with Gasteiger partial charge in [-0.3, -0.25) is 9.69 Å². The third kappa shape index (κ3) is 3.38. The summed E-state index contributed by atoms with van der Waals surface area (Å²) in [4.78, 5) is 26.2. The lowest BCUT2D eigenvalue weighted by Gasteiger charge is -2.42. The normalized spacial score (nSPS) is 32.2. The molecule has 3 fully saturated rings. The van der Waals surface area contributed by atoms with Crippen molar-refractivity contribution in [1.82, 2.24) is 14.9 Å². The zero-order chi connectivity index (χ0) is 18.3. The number of hydrogen-bond donors (Lipinski definition) is 0. The molecule has 26 heavy (non-hydrogen) atoms. The summed E-state index contributed by atoms with van der Waals surface area (Å²) in [6.45, 7) is 8.58. The lowest BCUT2D eigenvalue weighted by Crippen LogP contribution is -2.56. The van der Waals surface area contributed by atoms with E-state index >= 15 is 0 Å². The van der Waals surface area contributed by atoms with Crippen molar-refractivity contribution >= 4 is 11.7 Å². The van der Waals surface area contributed by atoms with E-state index in [2.05, 4.69) is 36.0 Å². The minimum Gasteiger partial charge on any atom is -0.332 e. The highest BCUT2D eigenvalue weighted by Crippen LogP contribution is 2.37. The zero-order valence-electron chi connectivity index (χ0n) is 16.4. The van der Waals surface area contributed by atoms with Crippen LogP contribution in [0.1, 0.15) is 70.8 Å². The van der Waals surface area contributed by atoms with Crippen molar-refractivity contribution in [3.05, 3.63) is 18.0 Å². The molecule has 5 nitrogen and oxygen atoms in total. The number of carbonyl (C=O) groups is 1. The lowest BCUT2D eigenvalue weighted by molar-refractivity contribution is -0.121. The van der Waals surface area contributed by atoms with Gasteiger partial charge < -0.3 is 4.90 Å². The third-order valence-corrected chi connectivity index (χ3v) is 6.90. The van der Waals surface area contributed by atoms with E-state index in [-0.39, 0.29) is 5.92 Å². The summed E-state index contributed by atoms with van der Waals surface area (Å²) < 4.78 is 0. The highest BCUT2D eigenvalue weighted by Gasteiger charge is 2.41. The molecule has 2 atom stereocenters. The molecule has 2 saturated heterocycles. The Morgan fingerprint density at radius 1 is 1.00 bits per heavy atom. The van der Waals surface area contributed by atoms with Gasteiger partial charge in [0.2, 0.25) is 5.95 Å². The van der Waals surface area contributed by atoms with Crippen molar-refractivity contribution in [2.75, 3.05) is 18.0 Å². The Labute approximate surface area is 157 Å². The van der Waals surface area contributed by atoms with E-state index in [1.807, 2.05) is 0 Å². The number of Topliss-reactive ketones (excluding diaryl/α,β-unsaturated/α-hetero) is 1. The Bertz CT molecular complexity index is 622. The molecule has 3 aliphatic rings. The van der Waals surface area contributed by atoms with Crippen LogP contribution in [0.25, 0.3) is 0 Å². The van der Waals surface area contributed by atoms with Crippen LogP contribution in [0.5, 0.6) is 0 Å². The van der Waals surface area contributed by atoms with Crippen LogP contribution in [0.15, 0.2) is 12.4 Å². The Kier molecular flexibility index (Phi) is 5.00. The topological polar surface area (TPSA) is 49.3 Å². The first kappa shape index (κ1) is 17.9. The van der Waals surface area contributed by atoms with Gasteiger partial charge >= 0.3 is 0 Å². The Morgan fingerprint density at radius 2 is 1.58 bits per heavy atom. The molecule has 0 radical (unpaired) electrons. The molecule has 1 saturated carbocycles. The smallest absolute Gasteiger partial charge is 0.225 e. The van der Waals surface area contributed by atoms with Crippen LogP contribution in [0.3, 0.4) is 0 Å². The molecule has 4 rings (SSSR count). The monoisotopic (exact) mass is 356 g/mol. The van der Waals surface area contributed by atoms with Crippen molar-refractivity contribution in [3.63, 3.8) is 0 Å². The maximum Gasteiger partial charge on any atom is 0.225 e. The summed E-state index contributed by atoms with van der Waals surface area (Å²) in [6.07, 6.45) is 10.8. The quantitative estimate of drug-likeness (QED) is 0.827. The van der Waals surface area contributed by atoms with Crippen LogP contribution in [0.4, 0.5) is 5.95 Å². The summed E-state index contributed by atoms with van der Waals surface area (Å²) in [5, 5.41) is 0. The molecule has 1 aromatic heterocycles. The largest absolute Gasteiger partial charge is 0.332 e. The molecule has 3 heterocycles. The summed E-state index contributed by atoms with van der Waals surface area (Å²) in [5.74, 6) is 2.07. The van der Waals surface area contributed by atoms with Gasteiger partial charge in [0, 0.05) is 49.5 Å². The number of aromatic nitrogens is 2. The summed E-state index contributed by atoms with van der Waals surface area (Å²) in [6, 6.07) is 1.75. The SMILES string of the molecule is CC(=O)C1CCC(c2cnc(N3C4CCC3CN(C(C)C)C4)nc2)CC1. The Balaban J connectivity index is 1.42. The molecule has 1 aliphatic carbocycles. The average molecular weight is 357 g/mol. The van der Waals surface area contributed by atoms with Crippen molar-refractivity contribution in [3.8, 4) is 0 Å². The zero-order valence-corrected chi connectivity index (χ0v) is 16.4. The van der Waals surface area contributed by atoms with Gasteiger partial charge in [0.05, 0.1) is 0 Å². The third-order valence-electron chi connectivity index (χ3n) is 6.90. The van der Waals surface area contributed by atoms with Gasteiger partial charge in [0.1, 0.15) is 5.78 Å². The number of piperazine rings is 1. The number of nitrogens with zero attached hydrogens (tertiary/aromatic N) is 4. The average Bonchev–Trinajstić information content (AvgIpc) is 2.91. The molecular weight excluding hydrogens is 324 g/mol. The van der Waals surface area contributed by atoms with E-state index in [0.29, 0.717) is 29.8 Å². The minimum absolute atomic E-state index is 0.277. The first-order valence-corrected chi connectivity index (χ1v) is 10.4. The Morgan fingerprint density at radius 3 is 2.08 bits per heavy atom. The first-order chi connectivity index (χ1) is 12.5. The van der Waals surface area contributed by atoms with E-state index in [1.54, 1.807) is 6.92 Å². The van der Waals surface area contributed by atoms with Crippen LogP contribution < -0.4 is 4.90 Å². The molecule has 2 bridgehead atoms. The number of rotatable bonds is 4. The van der Waals surface area contributed by atoms with E-state index in [4.69, 9.17) is 9.97 Å². The molecule has 1 aromatic rings. The van der Waals surface area contributed by atoms with Gasteiger partial charge in [-0.05, 0) is 70.8 Å². The highest BCUT2D eigenvalue weighted by molar-refractivity contribution is 5.78. The molecule has 0 aromatic carbocycles. The molecule has 0 N–H and O–H groups in total. The number of likely N-dealkylation sites (tertiary alicyclic amines) is 1. The highest BCUT2D eigenvalue weighted by atomic mass is 16.1. The van der Waals surface area contributed by atoms with Crippen molar-refractivity contribution in [2.24, 2.45) is 5.92 Å². The predicted molar refractivity (Wildman–Crippen MR) is 103 cm³/mol. The van der Waals surface area contributed by atoms with Gasteiger partial charge in [-0.25, -0.2) is 9.97 Å². The molecule has 5 heteroatoms. The molecular formula is C21H32N4O. The fourth-order valence-electron chi connectivity index (χ4n) is 5.19. The molecule has 142 valence electrons. The maximum absolute atomic E-state index is 11.6. The number of anilines is 1. The standard InChI is InChI=1S/C21H32N4O/c1-14(2)24-12-19-8-9-20(13-24)25(19)21-22-10-18(11-23-21)17-6-4-16(5-7-17)15(3)26/h10-11,14,16-17,19-20H,4-9,12-13H2,1-3H3. The molecule has 2 unspecified atom stereocenters. The summed E-state index contributed by atoms with van der Waals surface area (Å²) >= 11 is 0. The van der Waals surface area contributed by atoms with Gasteiger partial charge in [0.25, 0.3) is 0 Å². The van der Waals surface area contributed by atoms with Crippen LogP contribution in [-0.2, 0) is 4.79 Å². The number of fused-ring (bicyclic) bond motifs is 2. The second-order valence-corrected chi connectivity index (χ2v) is 8.82. The van der Waals surface area contributed by atoms with E-state index < -0.39 is 0 Å². The van der Waals surface area contributed by atoms with E-state index in [9.17, 15) is 4.79 Å². The molecule has 0 spiro atoms. The van der Waals surface area contributed by atoms with E-state index in [0.717, 1.165) is 44.7 Å². The van der Waals surface area contributed by atoms with Crippen LogP contribution in [0, 0.1) is 5.92 Å². The maximum atomic E-state index is 11.6. The van der Waals surface area contributed by atoms with Gasteiger partial charge in [0.15, 0.2) is 0 Å². The number of hydrogen-bond acceptors (Lipinski definition) is 5. The minimum atomic E-state index is 0.277. The lowest BCUT2D eigenvalue weighted by atomic mass is 9.78.